The van der Waals surface area contributed by atoms with E-state index in [4.69, 9.17) is 4.74 Å². The molecule has 0 spiro atoms. The number of ether oxygens (including phenoxy) is 1. The van der Waals surface area contributed by atoms with Crippen LogP contribution in [0.4, 0.5) is 0 Å². The predicted molar refractivity (Wildman–Crippen MR) is 69.9 cm³/mol. The van der Waals surface area contributed by atoms with Gasteiger partial charge in [-0.1, -0.05) is 24.3 Å². The van der Waals surface area contributed by atoms with Gasteiger partial charge in [-0.25, -0.2) is 0 Å². The molecule has 2 atom stereocenters. The van der Waals surface area contributed by atoms with E-state index in [9.17, 15) is 4.79 Å². The molecule has 16 heavy (non-hydrogen) atoms. The van der Waals surface area contributed by atoms with Gasteiger partial charge in [0.15, 0.2) is 0 Å². The first kappa shape index (κ1) is 10.1. The number of allylic oxidation sites excluding steroid dienone is 5. The predicted octanol–water partition coefficient (Wildman–Crippen LogP) is 2.84. The lowest BCUT2D eigenvalue weighted by atomic mass is 9.84. The number of fused-ring (bicyclic) bond motifs is 2. The van der Waals surface area contributed by atoms with Gasteiger partial charge >= 0.3 is 5.97 Å². The van der Waals surface area contributed by atoms with Crippen LogP contribution in [0.1, 0.15) is 0 Å². The second-order valence-corrected chi connectivity index (χ2v) is 5.12. The molecule has 0 radical (unpaired) electrons. The SMILES string of the molecule is O=C1OC2C=CC(I)=CC2=C2C=CC=CC12. The van der Waals surface area contributed by atoms with Crippen LogP contribution in [0.2, 0.25) is 0 Å². The minimum Gasteiger partial charge on any atom is -0.452 e. The van der Waals surface area contributed by atoms with E-state index >= 15 is 0 Å². The molecule has 0 amide bonds. The van der Waals surface area contributed by atoms with E-state index in [-0.39, 0.29) is 18.0 Å². The number of hydrogen-bond donors (Lipinski definition) is 0. The van der Waals surface area contributed by atoms with Crippen LogP contribution in [0.5, 0.6) is 0 Å². The van der Waals surface area contributed by atoms with E-state index in [2.05, 4.69) is 28.7 Å². The Labute approximate surface area is 107 Å². The summed E-state index contributed by atoms with van der Waals surface area (Å²) in [5.74, 6) is -0.373. The van der Waals surface area contributed by atoms with E-state index in [0.29, 0.717) is 0 Å². The van der Waals surface area contributed by atoms with E-state index in [1.54, 1.807) is 0 Å². The van der Waals surface area contributed by atoms with Gasteiger partial charge in [0.1, 0.15) is 12.0 Å². The first-order chi connectivity index (χ1) is 7.75. The summed E-state index contributed by atoms with van der Waals surface area (Å²) < 4.78 is 6.55. The van der Waals surface area contributed by atoms with Gasteiger partial charge in [0.25, 0.3) is 0 Å². The van der Waals surface area contributed by atoms with Gasteiger partial charge in [0.2, 0.25) is 0 Å². The average Bonchev–Trinajstić information content (AvgIpc) is 2.31. The van der Waals surface area contributed by atoms with E-state index < -0.39 is 0 Å². The largest absolute Gasteiger partial charge is 0.452 e. The molecular weight excluding hydrogens is 315 g/mol. The Morgan fingerprint density at radius 2 is 2.00 bits per heavy atom. The molecule has 80 valence electrons. The van der Waals surface area contributed by atoms with Crippen LogP contribution in [0.15, 0.2) is 57.3 Å². The molecule has 0 fully saturated rings. The summed E-state index contributed by atoms with van der Waals surface area (Å²) in [6.45, 7) is 0. The van der Waals surface area contributed by atoms with Crippen molar-refractivity contribution in [3.8, 4) is 0 Å². The van der Waals surface area contributed by atoms with Gasteiger partial charge < -0.3 is 4.74 Å². The molecule has 3 heteroatoms. The Morgan fingerprint density at radius 3 is 2.88 bits per heavy atom. The third-order valence-electron chi connectivity index (χ3n) is 2.89. The molecule has 2 nitrogen and oxygen atoms in total. The second kappa shape index (κ2) is 3.73. The molecule has 0 aromatic carbocycles. The van der Waals surface area contributed by atoms with Gasteiger partial charge in [-0.3, -0.25) is 4.79 Å². The lowest BCUT2D eigenvalue weighted by Crippen LogP contribution is -2.32. The van der Waals surface area contributed by atoms with Crippen LogP contribution in [-0.2, 0) is 9.53 Å². The molecule has 2 aliphatic carbocycles. The Hall–Kier alpha value is -1.10. The highest BCUT2D eigenvalue weighted by molar-refractivity contribution is 14.1. The molecule has 0 bridgehead atoms. The third kappa shape index (κ3) is 1.50. The monoisotopic (exact) mass is 324 g/mol. The minimum absolute atomic E-state index is 0.153. The second-order valence-electron chi connectivity index (χ2n) is 3.88. The third-order valence-corrected chi connectivity index (χ3v) is 3.56. The van der Waals surface area contributed by atoms with Gasteiger partial charge in [-0.15, -0.1) is 0 Å². The number of carbonyl (C=O) groups is 1. The van der Waals surface area contributed by atoms with E-state index in [1.807, 2.05) is 36.5 Å². The van der Waals surface area contributed by atoms with Crippen molar-refractivity contribution in [1.82, 2.24) is 0 Å². The van der Waals surface area contributed by atoms with Crippen LogP contribution >= 0.6 is 22.6 Å². The molecule has 0 aromatic heterocycles. The standard InChI is InChI=1S/C13H9IO2/c14-8-5-6-12-11(7-8)9-3-1-2-4-10(9)13(15)16-12/h1-7,10,12H. The number of carbonyl (C=O) groups excluding carboxylic acids is 1. The molecule has 1 aliphatic heterocycles. The molecular formula is C13H9IO2. The topological polar surface area (TPSA) is 26.3 Å². The molecule has 3 rings (SSSR count). The van der Waals surface area contributed by atoms with Crippen LogP contribution in [-0.4, -0.2) is 12.1 Å². The fourth-order valence-electron chi connectivity index (χ4n) is 2.13. The fourth-order valence-corrected chi connectivity index (χ4v) is 2.68. The summed E-state index contributed by atoms with van der Waals surface area (Å²) in [7, 11) is 0. The van der Waals surface area contributed by atoms with Crippen molar-refractivity contribution >= 4 is 28.6 Å². The highest BCUT2D eigenvalue weighted by Crippen LogP contribution is 2.36. The minimum atomic E-state index is -0.219. The zero-order valence-electron chi connectivity index (χ0n) is 8.39. The van der Waals surface area contributed by atoms with E-state index in [0.717, 1.165) is 14.7 Å². The van der Waals surface area contributed by atoms with Gasteiger partial charge in [-0.05, 0) is 46.4 Å². The van der Waals surface area contributed by atoms with Crippen LogP contribution in [0.3, 0.4) is 0 Å². The Bertz CT molecular complexity index is 506. The van der Waals surface area contributed by atoms with Crippen LogP contribution in [0.25, 0.3) is 0 Å². The first-order valence-corrected chi connectivity index (χ1v) is 6.18. The lowest BCUT2D eigenvalue weighted by Gasteiger charge is -2.30. The van der Waals surface area contributed by atoms with Crippen molar-refractivity contribution in [2.75, 3.05) is 0 Å². The summed E-state index contributed by atoms with van der Waals surface area (Å²) in [6, 6.07) is 0. The fraction of sp³-hybridized carbons (Fsp3) is 0.154. The number of hydrogen-bond acceptors (Lipinski definition) is 2. The summed E-state index contributed by atoms with van der Waals surface area (Å²) >= 11 is 2.27. The van der Waals surface area contributed by atoms with Crippen molar-refractivity contribution in [3.05, 3.63) is 57.3 Å². The van der Waals surface area contributed by atoms with Gasteiger partial charge in [-0.2, -0.15) is 0 Å². The Morgan fingerprint density at radius 1 is 1.12 bits per heavy atom. The average molecular weight is 324 g/mol. The van der Waals surface area contributed by atoms with E-state index in [1.165, 1.54) is 0 Å². The van der Waals surface area contributed by atoms with Crippen LogP contribution < -0.4 is 0 Å². The summed E-state index contributed by atoms with van der Waals surface area (Å²) in [5.41, 5.74) is 2.18. The maximum Gasteiger partial charge on any atom is 0.318 e. The summed E-state index contributed by atoms with van der Waals surface area (Å²) in [4.78, 5) is 11.8. The van der Waals surface area contributed by atoms with Crippen LogP contribution in [0, 0.1) is 5.92 Å². The van der Waals surface area contributed by atoms with Crippen molar-refractivity contribution in [3.63, 3.8) is 0 Å². The van der Waals surface area contributed by atoms with Gasteiger partial charge in [0.05, 0.1) is 0 Å². The van der Waals surface area contributed by atoms with Gasteiger partial charge in [0, 0.05) is 9.15 Å². The first-order valence-electron chi connectivity index (χ1n) is 5.10. The molecule has 1 heterocycles. The summed E-state index contributed by atoms with van der Waals surface area (Å²) in [6.07, 6.45) is 13.6. The Kier molecular flexibility index (Phi) is 2.35. The van der Waals surface area contributed by atoms with Crippen molar-refractivity contribution < 1.29 is 9.53 Å². The quantitative estimate of drug-likeness (QED) is 0.506. The Balaban J connectivity index is 2.16. The maximum atomic E-state index is 11.8. The highest BCUT2D eigenvalue weighted by atomic mass is 127. The number of halogens is 1. The molecule has 0 aromatic rings. The molecule has 0 saturated heterocycles. The maximum absolute atomic E-state index is 11.8. The van der Waals surface area contributed by atoms with Crippen molar-refractivity contribution in [1.29, 1.82) is 0 Å². The zero-order chi connectivity index (χ0) is 11.1. The smallest absolute Gasteiger partial charge is 0.318 e. The lowest BCUT2D eigenvalue weighted by molar-refractivity contribution is -0.148. The zero-order valence-corrected chi connectivity index (χ0v) is 10.5. The summed E-state index contributed by atoms with van der Waals surface area (Å²) in [5, 5.41) is 0. The highest BCUT2D eigenvalue weighted by Gasteiger charge is 2.34. The molecule has 3 aliphatic rings. The van der Waals surface area contributed by atoms with Crippen molar-refractivity contribution in [2.45, 2.75) is 6.10 Å². The normalized spacial score (nSPS) is 30.8. The molecule has 2 unspecified atom stereocenters. The molecule has 0 N–H and O–H groups in total. The van der Waals surface area contributed by atoms with Crippen molar-refractivity contribution in [2.24, 2.45) is 5.92 Å². The number of esters is 1. The molecule has 0 saturated carbocycles. The number of rotatable bonds is 0.